The van der Waals surface area contributed by atoms with Crippen LogP contribution in [0.25, 0.3) is 0 Å². The first-order valence-electron chi connectivity index (χ1n) is 12.7. The van der Waals surface area contributed by atoms with Gasteiger partial charge in [0.05, 0.1) is 25.0 Å². The molecule has 0 fully saturated rings. The highest BCUT2D eigenvalue weighted by Crippen LogP contribution is 2.30. The van der Waals surface area contributed by atoms with Crippen molar-refractivity contribution in [3.8, 4) is 17.2 Å². The van der Waals surface area contributed by atoms with Gasteiger partial charge in [0.2, 0.25) is 0 Å². The number of hydrogen-bond acceptors (Lipinski definition) is 6. The van der Waals surface area contributed by atoms with E-state index in [1.165, 1.54) is 12.3 Å². The van der Waals surface area contributed by atoms with E-state index in [2.05, 4.69) is 22.8 Å². The number of hydrogen-bond donors (Lipinski definition) is 2. The molecule has 2 aromatic carbocycles. The van der Waals surface area contributed by atoms with Gasteiger partial charge < -0.3 is 19.5 Å². The number of para-hydroxylation sites is 1. The molecule has 2 N–H and O–H groups in total. The molecule has 0 aliphatic carbocycles. The van der Waals surface area contributed by atoms with E-state index in [1.54, 1.807) is 32.2 Å². The van der Waals surface area contributed by atoms with Crippen molar-refractivity contribution in [3.05, 3.63) is 52.0 Å². The van der Waals surface area contributed by atoms with Crippen LogP contribution in [0.5, 0.6) is 17.2 Å². The quantitative estimate of drug-likeness (QED) is 0.156. The zero-order valence-electron chi connectivity index (χ0n) is 22.6. The number of methoxy groups -OCH3 is 1. The lowest BCUT2D eigenvalue weighted by molar-refractivity contribution is -0.132. The molecule has 0 aliphatic rings. The number of ether oxygens (including phenoxy) is 3. The number of halogens is 2. The minimum Gasteiger partial charge on any atom is -0.493 e. The van der Waals surface area contributed by atoms with E-state index < -0.39 is 24.0 Å². The topological polar surface area (TPSA) is 98.2 Å². The van der Waals surface area contributed by atoms with E-state index in [4.69, 9.17) is 37.4 Å². The summed E-state index contributed by atoms with van der Waals surface area (Å²) < 4.78 is 17.1. The molecule has 0 aliphatic heterocycles. The van der Waals surface area contributed by atoms with Crippen molar-refractivity contribution in [1.29, 1.82) is 0 Å². The molecule has 0 saturated heterocycles. The van der Waals surface area contributed by atoms with Crippen LogP contribution < -0.4 is 25.0 Å². The maximum absolute atomic E-state index is 13.0. The monoisotopic (exact) mass is 565 g/mol. The third-order valence-electron chi connectivity index (χ3n) is 5.51. The summed E-state index contributed by atoms with van der Waals surface area (Å²) in [7, 11) is 1.57. The van der Waals surface area contributed by atoms with Gasteiger partial charge >= 0.3 is 0 Å². The fraction of sp³-hybridized carbons (Fsp3) is 0.464. The molecule has 0 bridgehead atoms. The summed E-state index contributed by atoms with van der Waals surface area (Å²) in [6, 6.07) is 9.35. The Morgan fingerprint density at radius 2 is 1.82 bits per heavy atom. The Morgan fingerprint density at radius 1 is 1.05 bits per heavy atom. The number of rotatable bonds is 15. The Kier molecular flexibility index (Phi) is 13.2. The summed E-state index contributed by atoms with van der Waals surface area (Å²) in [6.07, 6.45) is 4.08. The van der Waals surface area contributed by atoms with Crippen LogP contribution in [0.3, 0.4) is 0 Å². The molecule has 2 amide bonds. The van der Waals surface area contributed by atoms with Crippen LogP contribution in [0.15, 0.2) is 41.5 Å². The summed E-state index contributed by atoms with van der Waals surface area (Å²) in [5, 5.41) is 7.61. The first-order valence-corrected chi connectivity index (χ1v) is 13.5. The first kappa shape index (κ1) is 31.2. The molecule has 0 saturated carbocycles. The second-order valence-corrected chi connectivity index (χ2v) is 10.0. The largest absolute Gasteiger partial charge is 0.493 e. The molecule has 8 nitrogen and oxygen atoms in total. The number of amides is 2. The molecule has 0 heterocycles. The Labute approximate surface area is 235 Å². The predicted octanol–water partition coefficient (Wildman–Crippen LogP) is 6.02. The van der Waals surface area contributed by atoms with Gasteiger partial charge in [0.1, 0.15) is 11.8 Å². The normalized spacial score (nSPS) is 12.7. The number of unbranched alkanes of at least 4 members (excludes halogenated alkanes) is 2. The van der Waals surface area contributed by atoms with Crippen LogP contribution in [-0.4, -0.2) is 43.9 Å². The highest BCUT2D eigenvalue weighted by Gasteiger charge is 2.25. The molecule has 0 spiro atoms. The molecule has 2 atom stereocenters. The number of carbonyl (C=O) groups is 2. The lowest BCUT2D eigenvalue weighted by Crippen LogP contribution is -2.49. The molecule has 10 heteroatoms. The van der Waals surface area contributed by atoms with Gasteiger partial charge in [0, 0.05) is 10.6 Å². The zero-order chi connectivity index (χ0) is 28.1. The van der Waals surface area contributed by atoms with Crippen molar-refractivity contribution < 1.29 is 23.8 Å². The van der Waals surface area contributed by atoms with Crippen LogP contribution in [-0.2, 0) is 9.59 Å². The van der Waals surface area contributed by atoms with E-state index in [-0.39, 0.29) is 10.9 Å². The van der Waals surface area contributed by atoms with E-state index in [0.717, 1.165) is 19.3 Å². The number of nitrogens with one attached hydrogen (secondary N) is 2. The standard InChI is InChI=1S/C28H37Cl2N3O5/c1-6-7-8-14-37-26-20(10-9-11-25(26)36-5)17-31-33-28(35)23(15-18(2)3)32-27(34)19(4)38-24-13-12-21(29)16-22(24)30/h9-13,16-19,23H,6-8,14-15H2,1-5H3,(H,32,34)(H,33,35)/b31-17-/t19-,23+/m1/s1. The first-order chi connectivity index (χ1) is 18.2. The van der Waals surface area contributed by atoms with Crippen LogP contribution in [0.4, 0.5) is 0 Å². The highest BCUT2D eigenvalue weighted by atomic mass is 35.5. The van der Waals surface area contributed by atoms with Gasteiger partial charge in [0.25, 0.3) is 11.8 Å². The fourth-order valence-electron chi connectivity index (χ4n) is 3.53. The van der Waals surface area contributed by atoms with Crippen molar-refractivity contribution in [2.75, 3.05) is 13.7 Å². The molecular formula is C28H37Cl2N3O5. The number of nitrogens with zero attached hydrogens (tertiary/aromatic N) is 1. The van der Waals surface area contributed by atoms with Gasteiger partial charge in [-0.25, -0.2) is 5.43 Å². The summed E-state index contributed by atoms with van der Waals surface area (Å²) >= 11 is 12.1. The average molecular weight is 567 g/mol. The predicted molar refractivity (Wildman–Crippen MR) is 152 cm³/mol. The van der Waals surface area contributed by atoms with Crippen molar-refractivity contribution in [2.45, 2.75) is 65.5 Å². The van der Waals surface area contributed by atoms with Crippen molar-refractivity contribution in [2.24, 2.45) is 11.0 Å². The minimum atomic E-state index is -0.899. The molecule has 0 radical (unpaired) electrons. The number of benzene rings is 2. The van der Waals surface area contributed by atoms with E-state index in [1.807, 2.05) is 26.0 Å². The lowest BCUT2D eigenvalue weighted by Gasteiger charge is -2.22. The molecule has 208 valence electrons. The Balaban J connectivity index is 2.06. The SMILES string of the molecule is CCCCCOc1c(/C=N\NC(=O)[C@H](CC(C)C)NC(=O)[C@@H](C)Oc2ccc(Cl)cc2Cl)cccc1OC. The van der Waals surface area contributed by atoms with Crippen molar-refractivity contribution >= 4 is 41.2 Å². The van der Waals surface area contributed by atoms with Crippen molar-refractivity contribution in [1.82, 2.24) is 10.7 Å². The third kappa shape index (κ3) is 10.1. The molecule has 2 rings (SSSR count). The van der Waals surface area contributed by atoms with E-state index >= 15 is 0 Å². The summed E-state index contributed by atoms with van der Waals surface area (Å²) in [6.45, 7) is 8.17. The minimum absolute atomic E-state index is 0.137. The Bertz CT molecular complexity index is 1090. The number of carbonyl (C=O) groups excluding carboxylic acids is 2. The van der Waals surface area contributed by atoms with E-state index in [0.29, 0.717) is 40.9 Å². The van der Waals surface area contributed by atoms with Gasteiger partial charge in [-0.05, 0) is 56.0 Å². The maximum Gasteiger partial charge on any atom is 0.262 e. The summed E-state index contributed by atoms with van der Waals surface area (Å²) in [4.78, 5) is 25.8. The van der Waals surface area contributed by atoms with Gasteiger partial charge in [0.15, 0.2) is 17.6 Å². The average Bonchev–Trinajstić information content (AvgIpc) is 2.87. The van der Waals surface area contributed by atoms with Crippen molar-refractivity contribution in [3.63, 3.8) is 0 Å². The third-order valence-corrected chi connectivity index (χ3v) is 6.04. The zero-order valence-corrected chi connectivity index (χ0v) is 24.1. The lowest BCUT2D eigenvalue weighted by atomic mass is 10.0. The summed E-state index contributed by atoms with van der Waals surface area (Å²) in [5.74, 6) is 0.682. The van der Waals surface area contributed by atoms with Gasteiger partial charge in [-0.15, -0.1) is 0 Å². The second kappa shape index (κ2) is 16.1. The number of hydrazone groups is 1. The molecule has 0 unspecified atom stereocenters. The van der Waals surface area contributed by atoms with Crippen LogP contribution in [0.1, 0.15) is 58.9 Å². The highest BCUT2D eigenvalue weighted by molar-refractivity contribution is 6.35. The Hall–Kier alpha value is -2.97. The van der Waals surface area contributed by atoms with Gasteiger partial charge in [-0.1, -0.05) is 62.9 Å². The Morgan fingerprint density at radius 3 is 2.47 bits per heavy atom. The molecule has 0 aromatic heterocycles. The van der Waals surface area contributed by atoms with Crippen LogP contribution >= 0.6 is 23.2 Å². The summed E-state index contributed by atoms with van der Waals surface area (Å²) in [5.41, 5.74) is 3.19. The smallest absolute Gasteiger partial charge is 0.262 e. The van der Waals surface area contributed by atoms with Crippen LogP contribution in [0.2, 0.25) is 10.0 Å². The van der Waals surface area contributed by atoms with Gasteiger partial charge in [-0.2, -0.15) is 5.10 Å². The molecule has 38 heavy (non-hydrogen) atoms. The molecular weight excluding hydrogens is 529 g/mol. The van der Waals surface area contributed by atoms with Crippen LogP contribution in [0, 0.1) is 5.92 Å². The molecule has 2 aromatic rings. The fourth-order valence-corrected chi connectivity index (χ4v) is 3.98. The second-order valence-electron chi connectivity index (χ2n) is 9.19. The van der Waals surface area contributed by atoms with E-state index in [9.17, 15) is 9.59 Å². The van der Waals surface area contributed by atoms with Gasteiger partial charge in [-0.3, -0.25) is 9.59 Å². The maximum atomic E-state index is 13.0.